The smallest absolute Gasteiger partial charge is 0.264 e. The minimum absolute atomic E-state index is 0.0144. The number of amides is 2. The first-order valence-corrected chi connectivity index (χ1v) is 14.5. The van der Waals surface area contributed by atoms with E-state index < -0.39 is 28.5 Å². The number of carbonyl (C=O) groups excluding carboxylic acids is 2. The maximum absolute atomic E-state index is 13.8. The van der Waals surface area contributed by atoms with Crippen molar-refractivity contribution in [3.05, 3.63) is 93.4 Å². The molecule has 3 aromatic carbocycles. The molecule has 0 aliphatic carbocycles. The highest BCUT2D eigenvalue weighted by atomic mass is 35.5. The molecule has 0 unspecified atom stereocenters. The van der Waals surface area contributed by atoms with Crippen molar-refractivity contribution in [2.75, 3.05) is 17.4 Å². The van der Waals surface area contributed by atoms with Gasteiger partial charge < -0.3 is 10.2 Å². The molecule has 0 saturated heterocycles. The third-order valence-electron chi connectivity index (χ3n) is 5.79. The first kappa shape index (κ1) is 29.8. The third-order valence-corrected chi connectivity index (χ3v) is 8.63. The van der Waals surface area contributed by atoms with Gasteiger partial charge >= 0.3 is 0 Å². The lowest BCUT2D eigenvalue weighted by atomic mass is 10.1. The standard InChI is InChI=1S/C27H28Cl3N3O4S/c1-3-16-31-27(35)19(2)32(17-20-12-14-21(28)15-13-20)25(34)18-33(24-11-7-10-23(29)26(24)30)38(36,37)22-8-5-4-6-9-22/h4-15,19H,3,16-18H2,1-2H3,(H,31,35)/t19-/m1/s1. The minimum Gasteiger partial charge on any atom is -0.354 e. The molecule has 7 nitrogen and oxygen atoms in total. The lowest BCUT2D eigenvalue weighted by molar-refractivity contribution is -0.139. The average molecular weight is 597 g/mol. The van der Waals surface area contributed by atoms with Gasteiger partial charge in [-0.3, -0.25) is 13.9 Å². The molecule has 0 radical (unpaired) electrons. The summed E-state index contributed by atoms with van der Waals surface area (Å²) in [5.41, 5.74) is 0.766. The number of halogens is 3. The Bertz CT molecular complexity index is 1370. The Hall–Kier alpha value is -2.78. The van der Waals surface area contributed by atoms with E-state index in [9.17, 15) is 18.0 Å². The predicted octanol–water partition coefficient (Wildman–Crippen LogP) is 5.79. The Kier molecular flexibility index (Phi) is 10.4. The molecule has 202 valence electrons. The number of nitrogens with one attached hydrogen (secondary N) is 1. The van der Waals surface area contributed by atoms with E-state index >= 15 is 0 Å². The molecule has 0 aliphatic heterocycles. The first-order chi connectivity index (χ1) is 18.1. The number of sulfonamides is 1. The fourth-order valence-electron chi connectivity index (χ4n) is 3.68. The summed E-state index contributed by atoms with van der Waals surface area (Å²) in [6, 6.07) is 18.2. The van der Waals surface area contributed by atoms with Gasteiger partial charge in [0, 0.05) is 18.1 Å². The Morgan fingerprint density at radius 2 is 1.58 bits per heavy atom. The number of benzene rings is 3. The third kappa shape index (κ3) is 7.20. The van der Waals surface area contributed by atoms with E-state index in [4.69, 9.17) is 34.8 Å². The van der Waals surface area contributed by atoms with Gasteiger partial charge in [-0.25, -0.2) is 8.42 Å². The van der Waals surface area contributed by atoms with E-state index in [2.05, 4.69) is 5.32 Å². The van der Waals surface area contributed by atoms with Crippen LogP contribution in [0.1, 0.15) is 25.8 Å². The SMILES string of the molecule is CCCNC(=O)[C@@H](C)N(Cc1ccc(Cl)cc1)C(=O)CN(c1cccc(Cl)c1Cl)S(=O)(=O)c1ccccc1. The summed E-state index contributed by atoms with van der Waals surface area (Å²) >= 11 is 18.6. The Morgan fingerprint density at radius 1 is 0.921 bits per heavy atom. The summed E-state index contributed by atoms with van der Waals surface area (Å²) in [6.45, 7) is 3.40. The molecule has 0 fully saturated rings. The Balaban J connectivity index is 2.04. The van der Waals surface area contributed by atoms with Crippen LogP contribution in [0.25, 0.3) is 0 Å². The van der Waals surface area contributed by atoms with Crippen molar-refractivity contribution in [2.24, 2.45) is 0 Å². The maximum atomic E-state index is 13.8. The van der Waals surface area contributed by atoms with Crippen LogP contribution in [0.5, 0.6) is 0 Å². The molecule has 3 rings (SSSR count). The monoisotopic (exact) mass is 595 g/mol. The molecular formula is C27H28Cl3N3O4S. The normalized spacial score (nSPS) is 12.0. The molecule has 11 heteroatoms. The van der Waals surface area contributed by atoms with E-state index in [0.29, 0.717) is 11.6 Å². The highest BCUT2D eigenvalue weighted by Gasteiger charge is 2.33. The van der Waals surface area contributed by atoms with Crippen molar-refractivity contribution >= 4 is 62.3 Å². The number of hydrogen-bond acceptors (Lipinski definition) is 4. The van der Waals surface area contributed by atoms with Crippen LogP contribution in [-0.4, -0.2) is 44.3 Å². The molecule has 0 aromatic heterocycles. The second-order valence-corrected chi connectivity index (χ2v) is 11.6. The molecule has 0 saturated carbocycles. The summed E-state index contributed by atoms with van der Waals surface area (Å²) in [5.74, 6) is -0.956. The largest absolute Gasteiger partial charge is 0.354 e. The molecule has 3 aromatic rings. The molecule has 38 heavy (non-hydrogen) atoms. The van der Waals surface area contributed by atoms with Gasteiger partial charge in [-0.15, -0.1) is 0 Å². The van der Waals surface area contributed by atoms with Crippen molar-refractivity contribution in [3.63, 3.8) is 0 Å². The first-order valence-electron chi connectivity index (χ1n) is 11.9. The van der Waals surface area contributed by atoms with Gasteiger partial charge in [-0.2, -0.15) is 0 Å². The number of carbonyl (C=O) groups is 2. The van der Waals surface area contributed by atoms with Gasteiger partial charge in [-0.1, -0.05) is 78.1 Å². The molecule has 1 N–H and O–H groups in total. The van der Waals surface area contributed by atoms with Crippen LogP contribution in [0, 0.1) is 0 Å². The fourth-order valence-corrected chi connectivity index (χ4v) is 5.70. The summed E-state index contributed by atoms with van der Waals surface area (Å²) in [4.78, 5) is 28.0. The van der Waals surface area contributed by atoms with Gasteiger partial charge in [0.15, 0.2) is 0 Å². The lowest BCUT2D eigenvalue weighted by Crippen LogP contribution is -2.51. The van der Waals surface area contributed by atoms with E-state index in [1.165, 1.54) is 29.2 Å². The van der Waals surface area contributed by atoms with Crippen LogP contribution in [0.3, 0.4) is 0 Å². The second kappa shape index (κ2) is 13.3. The van der Waals surface area contributed by atoms with E-state index in [1.807, 2.05) is 6.92 Å². The summed E-state index contributed by atoms with van der Waals surface area (Å²) in [6.07, 6.45) is 0.722. The molecule has 0 spiro atoms. The van der Waals surface area contributed by atoms with Crippen molar-refractivity contribution in [1.82, 2.24) is 10.2 Å². The molecular weight excluding hydrogens is 569 g/mol. The van der Waals surface area contributed by atoms with Gasteiger partial charge in [0.05, 0.1) is 20.6 Å². The summed E-state index contributed by atoms with van der Waals surface area (Å²) < 4.78 is 28.4. The zero-order valence-electron chi connectivity index (χ0n) is 20.9. The molecule has 2 amide bonds. The molecule has 0 heterocycles. The fraction of sp³-hybridized carbons (Fsp3) is 0.259. The van der Waals surface area contributed by atoms with Crippen molar-refractivity contribution < 1.29 is 18.0 Å². The minimum atomic E-state index is -4.24. The summed E-state index contributed by atoms with van der Waals surface area (Å²) in [7, 11) is -4.24. The maximum Gasteiger partial charge on any atom is 0.264 e. The van der Waals surface area contributed by atoms with Gasteiger partial charge in [0.25, 0.3) is 10.0 Å². The van der Waals surface area contributed by atoms with Crippen LogP contribution in [-0.2, 0) is 26.2 Å². The van der Waals surface area contributed by atoms with Crippen molar-refractivity contribution in [1.29, 1.82) is 0 Å². The van der Waals surface area contributed by atoms with Crippen LogP contribution in [0.15, 0.2) is 77.7 Å². The second-order valence-electron chi connectivity index (χ2n) is 8.51. The highest BCUT2D eigenvalue weighted by Crippen LogP contribution is 2.35. The average Bonchev–Trinajstić information content (AvgIpc) is 2.91. The molecule has 0 aliphatic rings. The van der Waals surface area contributed by atoms with Crippen LogP contribution in [0.4, 0.5) is 5.69 Å². The van der Waals surface area contributed by atoms with Gasteiger partial charge in [-0.05, 0) is 55.3 Å². The van der Waals surface area contributed by atoms with E-state index in [1.54, 1.807) is 55.5 Å². The topological polar surface area (TPSA) is 86.8 Å². The number of nitrogens with zero attached hydrogens (tertiary/aromatic N) is 2. The van der Waals surface area contributed by atoms with Crippen molar-refractivity contribution in [3.8, 4) is 0 Å². The van der Waals surface area contributed by atoms with Gasteiger partial charge in [0.2, 0.25) is 11.8 Å². The van der Waals surface area contributed by atoms with Crippen LogP contribution in [0.2, 0.25) is 15.1 Å². The Morgan fingerprint density at radius 3 is 2.21 bits per heavy atom. The van der Waals surface area contributed by atoms with Gasteiger partial charge in [0.1, 0.15) is 12.6 Å². The number of anilines is 1. The molecule has 0 bridgehead atoms. The lowest BCUT2D eigenvalue weighted by Gasteiger charge is -2.32. The van der Waals surface area contributed by atoms with Crippen molar-refractivity contribution in [2.45, 2.75) is 37.8 Å². The highest BCUT2D eigenvalue weighted by molar-refractivity contribution is 7.92. The Labute approximate surface area is 238 Å². The quantitative estimate of drug-likeness (QED) is 0.304. The predicted molar refractivity (Wildman–Crippen MR) is 152 cm³/mol. The van der Waals surface area contributed by atoms with Crippen LogP contribution < -0.4 is 9.62 Å². The summed E-state index contributed by atoms with van der Waals surface area (Å²) in [5, 5.41) is 3.44. The van der Waals surface area contributed by atoms with Crippen LogP contribution >= 0.6 is 34.8 Å². The zero-order valence-corrected chi connectivity index (χ0v) is 24.0. The van der Waals surface area contributed by atoms with E-state index in [0.717, 1.165) is 16.3 Å². The molecule has 1 atom stereocenters. The number of rotatable bonds is 11. The zero-order chi connectivity index (χ0) is 27.9. The van der Waals surface area contributed by atoms with E-state index in [-0.39, 0.29) is 33.1 Å². The number of hydrogen-bond donors (Lipinski definition) is 1.